The van der Waals surface area contributed by atoms with E-state index in [4.69, 9.17) is 16.6 Å². The van der Waals surface area contributed by atoms with Gasteiger partial charge in [-0.2, -0.15) is 0 Å². The Morgan fingerprint density at radius 1 is 1.24 bits per heavy atom. The summed E-state index contributed by atoms with van der Waals surface area (Å²) in [6.07, 6.45) is 3.63. The second-order valence-electron chi connectivity index (χ2n) is 8.13. The van der Waals surface area contributed by atoms with Gasteiger partial charge in [0.25, 0.3) is 5.56 Å². The van der Waals surface area contributed by atoms with E-state index < -0.39 is 0 Å². The molecule has 9 heteroatoms. The second kappa shape index (κ2) is 8.85. The van der Waals surface area contributed by atoms with Gasteiger partial charge < -0.3 is 18.8 Å². The van der Waals surface area contributed by atoms with E-state index in [1.807, 2.05) is 23.8 Å². The van der Waals surface area contributed by atoms with Gasteiger partial charge in [-0.25, -0.2) is 9.37 Å². The van der Waals surface area contributed by atoms with Crippen molar-refractivity contribution in [2.75, 3.05) is 10.5 Å². The fourth-order valence-electron chi connectivity index (χ4n) is 4.24. The maximum absolute atomic E-state index is 14.6. The lowest BCUT2D eigenvalue weighted by atomic mass is 10.0. The van der Waals surface area contributed by atoms with Crippen LogP contribution in [0.25, 0.3) is 33.1 Å². The maximum Gasteiger partial charge on any atom is 0.274 e. The lowest BCUT2D eigenvalue weighted by Gasteiger charge is -2.13. The van der Waals surface area contributed by atoms with Crippen molar-refractivity contribution in [2.45, 2.75) is 20.4 Å². The topological polar surface area (TPSA) is 67.6 Å². The Bertz CT molecular complexity index is 1600. The summed E-state index contributed by atoms with van der Waals surface area (Å²) < 4.78 is 21.6. The van der Waals surface area contributed by atoms with E-state index >= 15 is 0 Å². The zero-order valence-corrected chi connectivity index (χ0v) is 20.5. The highest BCUT2D eigenvalue weighted by atomic mass is 35.5. The second-order valence-corrected chi connectivity index (χ2v) is 9.64. The number of hydrogen-bond acceptors (Lipinski definition) is 4. The smallest absolute Gasteiger partial charge is 0.274 e. The van der Waals surface area contributed by atoms with Gasteiger partial charge in [-0.15, -0.1) is 0 Å². The molecule has 0 bridgehead atoms. The highest BCUT2D eigenvalue weighted by Gasteiger charge is 2.18. The van der Waals surface area contributed by atoms with Gasteiger partial charge in [-0.1, -0.05) is 36.5 Å². The molecule has 3 heterocycles. The predicted octanol–water partition coefficient (Wildman–Crippen LogP) is 6.11. The standard InChI is InChI=1S/C25H23ClFN5OS/c1-4-34-30-21-9-16(19-13-31(3)25(33)23-18(19)7-8-28-23)10-22-24(21)29-14(2)32(22)12-15-5-6-17(26)11-20(15)27/h5-11,13,28,30H,4,12H2,1-3H3. The summed E-state index contributed by atoms with van der Waals surface area (Å²) >= 11 is 7.53. The SMILES string of the molecule is CCSNc1cc(-c2cn(C)c(=O)c3[nH]ccc23)cc2c1nc(C)n2Cc1ccc(Cl)cc1F. The minimum Gasteiger partial charge on any atom is -0.357 e. The number of benzene rings is 2. The van der Waals surface area contributed by atoms with Crippen LogP contribution in [-0.2, 0) is 13.6 Å². The number of imidazole rings is 1. The van der Waals surface area contributed by atoms with Crippen LogP contribution in [0.1, 0.15) is 18.3 Å². The third-order valence-corrected chi connectivity index (χ3v) is 6.81. The number of halogens is 2. The molecule has 0 aliphatic carbocycles. The first-order chi connectivity index (χ1) is 16.4. The number of nitrogens with zero attached hydrogens (tertiary/aromatic N) is 3. The molecule has 0 aliphatic heterocycles. The lowest BCUT2D eigenvalue weighted by molar-refractivity contribution is 0.599. The van der Waals surface area contributed by atoms with Gasteiger partial charge in [0.2, 0.25) is 0 Å². The zero-order chi connectivity index (χ0) is 24.0. The summed E-state index contributed by atoms with van der Waals surface area (Å²) in [6, 6.07) is 10.7. The molecule has 0 aliphatic rings. The molecule has 2 aromatic carbocycles. The first-order valence-corrected chi connectivity index (χ1v) is 12.2. The molecule has 5 aromatic rings. The fraction of sp³-hybridized carbons (Fsp3) is 0.200. The first kappa shape index (κ1) is 22.6. The molecule has 0 amide bonds. The summed E-state index contributed by atoms with van der Waals surface area (Å²) in [5.74, 6) is 1.30. The van der Waals surface area contributed by atoms with Crippen molar-refractivity contribution >= 4 is 51.2 Å². The normalized spacial score (nSPS) is 11.6. The molecular weight excluding hydrogens is 473 g/mol. The van der Waals surface area contributed by atoms with Crippen LogP contribution in [-0.4, -0.2) is 24.9 Å². The Hall–Kier alpha value is -3.23. The molecule has 2 N–H and O–H groups in total. The molecule has 3 aromatic heterocycles. The number of rotatable bonds is 6. The molecule has 6 nitrogen and oxygen atoms in total. The number of pyridine rings is 1. The minimum atomic E-state index is -0.350. The molecular formula is C25H23ClFN5OS. The van der Waals surface area contributed by atoms with Crippen molar-refractivity contribution in [1.82, 2.24) is 19.1 Å². The average Bonchev–Trinajstić information content (AvgIpc) is 3.41. The van der Waals surface area contributed by atoms with E-state index in [9.17, 15) is 9.18 Å². The molecule has 5 rings (SSSR count). The molecule has 0 atom stereocenters. The largest absolute Gasteiger partial charge is 0.357 e. The van der Waals surface area contributed by atoms with Crippen molar-refractivity contribution in [3.05, 3.63) is 81.4 Å². The van der Waals surface area contributed by atoms with Crippen LogP contribution >= 0.6 is 23.5 Å². The van der Waals surface area contributed by atoms with Crippen LogP contribution in [0, 0.1) is 12.7 Å². The summed E-state index contributed by atoms with van der Waals surface area (Å²) in [5.41, 5.74) is 5.43. The van der Waals surface area contributed by atoms with Gasteiger partial charge in [0.05, 0.1) is 17.7 Å². The van der Waals surface area contributed by atoms with Gasteiger partial charge in [-0.3, -0.25) is 4.79 Å². The van der Waals surface area contributed by atoms with Crippen LogP contribution in [0.4, 0.5) is 10.1 Å². The summed E-state index contributed by atoms with van der Waals surface area (Å²) in [6.45, 7) is 4.31. The molecule has 0 unspecified atom stereocenters. The van der Waals surface area contributed by atoms with Gasteiger partial charge >= 0.3 is 0 Å². The quantitative estimate of drug-likeness (QED) is 0.279. The van der Waals surface area contributed by atoms with Crippen molar-refractivity contribution in [3.63, 3.8) is 0 Å². The van der Waals surface area contributed by atoms with Crippen molar-refractivity contribution < 1.29 is 4.39 Å². The van der Waals surface area contributed by atoms with Crippen LogP contribution in [0.15, 0.2) is 53.6 Å². The Morgan fingerprint density at radius 3 is 2.82 bits per heavy atom. The summed E-state index contributed by atoms with van der Waals surface area (Å²) in [7, 11) is 1.74. The highest BCUT2D eigenvalue weighted by Crippen LogP contribution is 2.35. The van der Waals surface area contributed by atoms with Gasteiger partial charge in [0.1, 0.15) is 22.7 Å². The average molecular weight is 496 g/mol. The molecule has 0 saturated heterocycles. The minimum absolute atomic E-state index is 0.0798. The Balaban J connectivity index is 1.74. The predicted molar refractivity (Wildman–Crippen MR) is 139 cm³/mol. The molecule has 0 saturated carbocycles. The first-order valence-electron chi connectivity index (χ1n) is 10.9. The highest BCUT2D eigenvalue weighted by molar-refractivity contribution is 8.00. The van der Waals surface area contributed by atoms with E-state index in [0.29, 0.717) is 22.6 Å². The number of aromatic nitrogens is 4. The van der Waals surface area contributed by atoms with E-state index in [2.05, 4.69) is 28.8 Å². The third kappa shape index (κ3) is 3.86. The third-order valence-electron chi connectivity index (χ3n) is 5.92. The van der Waals surface area contributed by atoms with E-state index in [1.165, 1.54) is 6.07 Å². The molecule has 34 heavy (non-hydrogen) atoms. The van der Waals surface area contributed by atoms with Crippen molar-refractivity contribution in [3.8, 4) is 11.1 Å². The Morgan fingerprint density at radius 2 is 2.06 bits per heavy atom. The monoisotopic (exact) mass is 495 g/mol. The van der Waals surface area contributed by atoms with Gasteiger partial charge in [0.15, 0.2) is 0 Å². The molecule has 0 spiro atoms. The number of anilines is 1. The van der Waals surface area contributed by atoms with Gasteiger partial charge in [0, 0.05) is 46.7 Å². The number of hydrogen-bond donors (Lipinski definition) is 2. The van der Waals surface area contributed by atoms with Crippen molar-refractivity contribution in [1.29, 1.82) is 0 Å². The van der Waals surface area contributed by atoms with Crippen LogP contribution < -0.4 is 10.3 Å². The molecule has 0 fully saturated rings. The number of nitrogens with one attached hydrogen (secondary N) is 2. The van der Waals surface area contributed by atoms with E-state index in [0.717, 1.165) is 44.8 Å². The zero-order valence-electron chi connectivity index (χ0n) is 18.9. The van der Waals surface area contributed by atoms with Crippen LogP contribution in [0.5, 0.6) is 0 Å². The van der Waals surface area contributed by atoms with E-state index in [-0.39, 0.29) is 11.4 Å². The summed E-state index contributed by atoms with van der Waals surface area (Å²) in [5, 5.41) is 1.21. The fourth-order valence-corrected chi connectivity index (χ4v) is 4.86. The summed E-state index contributed by atoms with van der Waals surface area (Å²) in [4.78, 5) is 20.4. The number of aromatic amines is 1. The number of H-pyrrole nitrogens is 1. The lowest BCUT2D eigenvalue weighted by Crippen LogP contribution is -2.16. The van der Waals surface area contributed by atoms with Crippen molar-refractivity contribution in [2.24, 2.45) is 7.05 Å². The van der Waals surface area contributed by atoms with E-state index in [1.54, 1.807) is 41.9 Å². The molecule has 0 radical (unpaired) electrons. The number of aryl methyl sites for hydroxylation is 2. The molecule has 174 valence electrons. The Kier molecular flexibility index (Phi) is 5.87. The van der Waals surface area contributed by atoms with Crippen LogP contribution in [0.3, 0.4) is 0 Å². The number of fused-ring (bicyclic) bond motifs is 2. The van der Waals surface area contributed by atoms with Gasteiger partial charge in [-0.05, 0) is 42.8 Å². The maximum atomic E-state index is 14.6. The van der Waals surface area contributed by atoms with Crippen LogP contribution in [0.2, 0.25) is 5.02 Å². The Labute approximate surface area is 204 Å².